The highest BCUT2D eigenvalue weighted by Gasteiger charge is 2.25. The molecule has 0 heterocycles. The van der Waals surface area contributed by atoms with Gasteiger partial charge in [0.15, 0.2) is 0 Å². The topological polar surface area (TPSA) is 102 Å². The summed E-state index contributed by atoms with van der Waals surface area (Å²) >= 11 is 5.96. The number of methoxy groups -OCH3 is 1. The Balaban J connectivity index is 3.31. The second-order valence-electron chi connectivity index (χ2n) is 4.85. The molecule has 1 rings (SSSR count). The first-order valence-electron chi connectivity index (χ1n) is 5.66. The molecular weight excluding hydrogens is 288 g/mol. The first-order chi connectivity index (χ1) is 9.18. The predicted molar refractivity (Wildman–Crippen MR) is 74.6 cm³/mol. The number of non-ortho nitro benzene ring substituents is 1. The van der Waals surface area contributed by atoms with Crippen molar-refractivity contribution in [3.63, 3.8) is 0 Å². The molecule has 0 aliphatic rings. The predicted octanol–water partition coefficient (Wildman–Crippen LogP) is 2.78. The number of nitro groups is 1. The Labute approximate surface area is 120 Å². The van der Waals surface area contributed by atoms with Gasteiger partial charge in [-0.3, -0.25) is 10.1 Å². The Morgan fingerprint density at radius 1 is 1.55 bits per heavy atom. The summed E-state index contributed by atoms with van der Waals surface area (Å²) in [6.07, 6.45) is 0. The van der Waals surface area contributed by atoms with Crippen LogP contribution in [-0.2, 0) is 4.74 Å². The van der Waals surface area contributed by atoms with Crippen molar-refractivity contribution in [1.29, 1.82) is 0 Å². The first-order valence-corrected chi connectivity index (χ1v) is 6.04. The van der Waals surface area contributed by atoms with Gasteiger partial charge >= 0.3 is 5.97 Å². The molecule has 0 saturated carbocycles. The van der Waals surface area contributed by atoms with Crippen molar-refractivity contribution < 1.29 is 19.6 Å². The largest absolute Gasteiger partial charge is 0.478 e. The molecule has 0 unspecified atom stereocenters. The van der Waals surface area contributed by atoms with Gasteiger partial charge in [0.2, 0.25) is 0 Å². The number of carboxylic acids is 1. The van der Waals surface area contributed by atoms with E-state index in [2.05, 4.69) is 5.32 Å². The number of nitro benzene ring substituents is 1. The quantitative estimate of drug-likeness (QED) is 0.619. The van der Waals surface area contributed by atoms with Crippen molar-refractivity contribution in [2.45, 2.75) is 19.4 Å². The average molecular weight is 303 g/mol. The number of carboxylic acid groups (broad SMARTS) is 1. The Morgan fingerprint density at radius 2 is 2.15 bits per heavy atom. The van der Waals surface area contributed by atoms with Gasteiger partial charge in [-0.1, -0.05) is 11.6 Å². The molecule has 110 valence electrons. The van der Waals surface area contributed by atoms with E-state index in [1.807, 2.05) is 0 Å². The van der Waals surface area contributed by atoms with Gasteiger partial charge in [-0.15, -0.1) is 0 Å². The smallest absolute Gasteiger partial charge is 0.338 e. The number of halogens is 1. The number of benzene rings is 1. The van der Waals surface area contributed by atoms with Gasteiger partial charge in [-0.2, -0.15) is 0 Å². The maximum absolute atomic E-state index is 11.2. The van der Waals surface area contributed by atoms with E-state index in [0.717, 1.165) is 12.1 Å². The van der Waals surface area contributed by atoms with Crippen molar-refractivity contribution in [2.75, 3.05) is 19.0 Å². The minimum absolute atomic E-state index is 0.0271. The Bertz CT molecular complexity index is 545. The number of aromatic carboxylic acids is 1. The van der Waals surface area contributed by atoms with Gasteiger partial charge in [-0.05, 0) is 13.8 Å². The molecule has 0 aliphatic carbocycles. The van der Waals surface area contributed by atoms with E-state index < -0.39 is 16.4 Å². The van der Waals surface area contributed by atoms with Crippen LogP contribution in [0.3, 0.4) is 0 Å². The summed E-state index contributed by atoms with van der Waals surface area (Å²) in [4.78, 5) is 21.3. The van der Waals surface area contributed by atoms with Gasteiger partial charge in [0.1, 0.15) is 0 Å². The number of nitrogens with zero attached hydrogens (tertiary/aromatic N) is 1. The lowest BCUT2D eigenvalue weighted by Gasteiger charge is -2.28. The van der Waals surface area contributed by atoms with Crippen molar-refractivity contribution in [3.05, 3.63) is 32.8 Å². The summed E-state index contributed by atoms with van der Waals surface area (Å²) in [7, 11) is 1.51. The minimum Gasteiger partial charge on any atom is -0.478 e. The zero-order chi connectivity index (χ0) is 15.5. The number of carbonyl (C=O) groups is 1. The average Bonchev–Trinajstić information content (AvgIpc) is 2.30. The maximum atomic E-state index is 11.2. The molecule has 0 radical (unpaired) electrons. The zero-order valence-corrected chi connectivity index (χ0v) is 12.0. The molecule has 1 aromatic carbocycles. The van der Waals surface area contributed by atoms with Gasteiger partial charge in [-0.25, -0.2) is 4.79 Å². The molecule has 20 heavy (non-hydrogen) atoms. The third kappa shape index (κ3) is 3.82. The standard InChI is InChI=1S/C12H15ClN2O5/c1-12(2,6-20-3)14-10-8(11(16)17)4-7(15(18)19)5-9(10)13/h4-5,14H,6H2,1-3H3,(H,16,17). The summed E-state index contributed by atoms with van der Waals surface area (Å²) in [5, 5.41) is 22.8. The first kappa shape index (κ1) is 16.2. The van der Waals surface area contributed by atoms with E-state index in [4.69, 9.17) is 16.3 Å². The van der Waals surface area contributed by atoms with E-state index in [9.17, 15) is 20.0 Å². The summed E-state index contributed by atoms with van der Waals surface area (Å²) in [5.74, 6) is -1.30. The van der Waals surface area contributed by atoms with Crippen LogP contribution in [0.15, 0.2) is 12.1 Å². The number of rotatable bonds is 6. The summed E-state index contributed by atoms with van der Waals surface area (Å²) in [6, 6.07) is 2.08. The van der Waals surface area contributed by atoms with Crippen LogP contribution in [0.4, 0.5) is 11.4 Å². The number of hydrogen-bond acceptors (Lipinski definition) is 5. The zero-order valence-electron chi connectivity index (χ0n) is 11.3. The van der Waals surface area contributed by atoms with Gasteiger partial charge < -0.3 is 15.2 Å². The highest BCUT2D eigenvalue weighted by Crippen LogP contribution is 2.33. The lowest BCUT2D eigenvalue weighted by Crippen LogP contribution is -2.36. The van der Waals surface area contributed by atoms with Crippen LogP contribution in [0.2, 0.25) is 5.02 Å². The molecule has 0 aliphatic heterocycles. The van der Waals surface area contributed by atoms with E-state index in [-0.39, 0.29) is 22.0 Å². The fourth-order valence-electron chi connectivity index (χ4n) is 1.73. The van der Waals surface area contributed by atoms with Crippen LogP contribution in [0.1, 0.15) is 24.2 Å². The minimum atomic E-state index is -1.30. The number of ether oxygens (including phenoxy) is 1. The van der Waals surface area contributed by atoms with Gasteiger partial charge in [0.05, 0.1) is 33.3 Å². The van der Waals surface area contributed by atoms with E-state index >= 15 is 0 Å². The van der Waals surface area contributed by atoms with Crippen molar-refractivity contribution in [2.24, 2.45) is 0 Å². The Morgan fingerprint density at radius 3 is 2.60 bits per heavy atom. The Hall–Kier alpha value is -1.86. The highest BCUT2D eigenvalue weighted by atomic mass is 35.5. The summed E-state index contributed by atoms with van der Waals surface area (Å²) in [5.41, 5.74) is -1.08. The van der Waals surface area contributed by atoms with Gasteiger partial charge in [0, 0.05) is 19.2 Å². The fraction of sp³-hybridized carbons (Fsp3) is 0.417. The highest BCUT2D eigenvalue weighted by molar-refractivity contribution is 6.34. The third-order valence-electron chi connectivity index (χ3n) is 2.48. The SMILES string of the molecule is COCC(C)(C)Nc1c(Cl)cc([N+](=O)[O-])cc1C(=O)O. The monoisotopic (exact) mass is 302 g/mol. The van der Waals surface area contributed by atoms with Crippen LogP contribution in [-0.4, -0.2) is 35.3 Å². The fourth-order valence-corrected chi connectivity index (χ4v) is 1.99. The van der Waals surface area contributed by atoms with Crippen LogP contribution >= 0.6 is 11.6 Å². The number of nitrogens with one attached hydrogen (secondary N) is 1. The van der Waals surface area contributed by atoms with Crippen molar-refractivity contribution in [3.8, 4) is 0 Å². The van der Waals surface area contributed by atoms with Crippen LogP contribution in [0, 0.1) is 10.1 Å². The normalized spacial score (nSPS) is 11.2. The lowest BCUT2D eigenvalue weighted by atomic mass is 10.0. The molecule has 0 spiro atoms. The molecule has 0 amide bonds. The third-order valence-corrected chi connectivity index (χ3v) is 2.78. The van der Waals surface area contributed by atoms with Gasteiger partial charge in [0.25, 0.3) is 5.69 Å². The van der Waals surface area contributed by atoms with E-state index in [1.165, 1.54) is 7.11 Å². The second kappa shape index (κ2) is 6.06. The van der Waals surface area contributed by atoms with Crippen LogP contribution < -0.4 is 5.32 Å². The molecule has 2 N–H and O–H groups in total. The van der Waals surface area contributed by atoms with Crippen LogP contribution in [0.25, 0.3) is 0 Å². The molecule has 8 heteroatoms. The molecule has 0 aromatic heterocycles. The molecule has 0 bridgehead atoms. The number of hydrogen-bond donors (Lipinski definition) is 2. The molecule has 7 nitrogen and oxygen atoms in total. The van der Waals surface area contributed by atoms with Crippen molar-refractivity contribution in [1.82, 2.24) is 0 Å². The molecule has 0 atom stereocenters. The molecule has 0 saturated heterocycles. The van der Waals surface area contributed by atoms with Crippen molar-refractivity contribution >= 4 is 28.9 Å². The second-order valence-corrected chi connectivity index (χ2v) is 5.26. The molecule has 1 aromatic rings. The number of anilines is 1. The molecular formula is C12H15ClN2O5. The van der Waals surface area contributed by atoms with E-state index in [1.54, 1.807) is 13.8 Å². The molecule has 0 fully saturated rings. The summed E-state index contributed by atoms with van der Waals surface area (Å²) < 4.78 is 5.02. The maximum Gasteiger partial charge on any atom is 0.338 e. The van der Waals surface area contributed by atoms with E-state index in [0.29, 0.717) is 6.61 Å². The van der Waals surface area contributed by atoms with Crippen LogP contribution in [0.5, 0.6) is 0 Å². The lowest BCUT2D eigenvalue weighted by molar-refractivity contribution is -0.384. The summed E-state index contributed by atoms with van der Waals surface area (Å²) in [6.45, 7) is 3.89. The Kier molecular flexibility index (Phi) is 4.91.